The van der Waals surface area contributed by atoms with Crippen molar-refractivity contribution < 1.29 is 59.5 Å². The molecule has 10 N–H and O–H groups in total. The summed E-state index contributed by atoms with van der Waals surface area (Å²) in [4.78, 5) is 84.7. The predicted octanol–water partition coefficient (Wildman–Crippen LogP) is 2.42. The van der Waals surface area contributed by atoms with Gasteiger partial charge in [-0.05, 0) is 118 Å². The number of amides is 6. The first kappa shape index (κ1) is 66.9. The maximum Gasteiger partial charge on any atom is 0.327 e. The van der Waals surface area contributed by atoms with E-state index in [0.717, 1.165) is 37.6 Å². The summed E-state index contributed by atoms with van der Waals surface area (Å²) in [5, 5.41) is 10.9. The van der Waals surface area contributed by atoms with Gasteiger partial charge in [0.05, 0.1) is 34.0 Å². The third kappa shape index (κ3) is 19.5. The van der Waals surface area contributed by atoms with Crippen LogP contribution >= 0.6 is 0 Å². The lowest BCUT2D eigenvalue weighted by atomic mass is 10.1. The first-order chi connectivity index (χ1) is 42.4. The molecule has 0 radical (unpaired) electrons. The van der Waals surface area contributed by atoms with Crippen LogP contribution in [0.25, 0.3) is 0 Å². The molecule has 0 atom stereocenters. The van der Waals surface area contributed by atoms with Crippen LogP contribution in [0.5, 0.6) is 5.75 Å². The largest absolute Gasteiger partial charge is 0.494 e. The quantitative estimate of drug-likeness (QED) is 0.0153. The minimum Gasteiger partial charge on any atom is -0.494 e. The van der Waals surface area contributed by atoms with Crippen molar-refractivity contribution in [2.75, 3.05) is 128 Å². The van der Waals surface area contributed by atoms with Gasteiger partial charge in [-0.1, -0.05) is 12.1 Å². The molecule has 3 heterocycles. The molecule has 4 aromatic carbocycles. The maximum absolute atomic E-state index is 13.6. The number of ether oxygens (including phenoxy) is 1. The summed E-state index contributed by atoms with van der Waals surface area (Å²) in [7, 11) is 0.796. The van der Waals surface area contributed by atoms with Crippen molar-refractivity contribution in [1.29, 1.82) is 0 Å². The average Bonchev–Trinajstić information content (AvgIpc) is 2.00. The van der Waals surface area contributed by atoms with Crippen molar-refractivity contribution in [2.24, 2.45) is 0 Å². The van der Waals surface area contributed by atoms with Gasteiger partial charge in [-0.3, -0.25) is 59.9 Å². The van der Waals surface area contributed by atoms with Gasteiger partial charge in [-0.2, -0.15) is 9.13 Å². The Bertz CT molecular complexity index is 3740. The number of rotatable bonds is 27. The molecule has 0 spiro atoms. The molecule has 6 amide bonds. The number of hydrazine groups is 2. The van der Waals surface area contributed by atoms with Gasteiger partial charge in [0, 0.05) is 126 Å². The summed E-state index contributed by atoms with van der Waals surface area (Å²) in [5.41, 5.74) is 15.4. The summed E-state index contributed by atoms with van der Waals surface area (Å²) < 4.78 is 68.1. The molecular formula is C60H78N16O11S2+2. The second-order valence-electron chi connectivity index (χ2n) is 21.5. The number of nitrogens with zero attached hydrogens (tertiary/aromatic N) is 6. The van der Waals surface area contributed by atoms with E-state index in [-0.39, 0.29) is 70.6 Å². The first-order valence-corrected chi connectivity index (χ1v) is 31.4. The van der Waals surface area contributed by atoms with Gasteiger partial charge in [0.25, 0.3) is 31.9 Å². The highest BCUT2D eigenvalue weighted by atomic mass is 32.2. The van der Waals surface area contributed by atoms with Gasteiger partial charge in [0.2, 0.25) is 13.1 Å². The number of aryl methyl sites for hydroxylation is 2. The Kier molecular flexibility index (Phi) is 23.2. The lowest BCUT2D eigenvalue weighted by Crippen LogP contribution is -2.48. The number of methoxy groups -OCH3 is 1. The van der Waals surface area contributed by atoms with Gasteiger partial charge in [0.1, 0.15) is 5.75 Å². The number of carbonyl (C=O) groups is 6. The molecule has 7 rings (SSSR count). The Hall–Kier alpha value is -9.58. The van der Waals surface area contributed by atoms with Gasteiger partial charge < -0.3 is 45.6 Å². The van der Waals surface area contributed by atoms with E-state index in [1.807, 2.05) is 62.3 Å². The van der Waals surface area contributed by atoms with Crippen molar-refractivity contribution in [2.45, 2.75) is 56.5 Å². The van der Waals surface area contributed by atoms with Crippen LogP contribution in [-0.4, -0.2) is 150 Å². The number of benzene rings is 4. The number of hydrogen-bond acceptors (Lipinski definition) is 17. The zero-order valence-corrected chi connectivity index (χ0v) is 52.7. The van der Waals surface area contributed by atoms with Crippen LogP contribution in [0.4, 0.5) is 45.5 Å². The topological polar surface area (TPSA) is 321 Å². The number of aromatic nitrogens is 2. The van der Waals surface area contributed by atoms with Crippen LogP contribution in [0.15, 0.2) is 132 Å². The fourth-order valence-corrected chi connectivity index (χ4v) is 11.7. The standard InChI is InChI=1S/C60H76N16O11S2/c1-41-11-18-49(38-51(41)63-54(77)39-75-29-21-47(22-30-75)71(4)5)88(83,84)70-46-17-19-50(52(37-46)87-8)66-68-60(82)58(80)62-26-10-28-74-35-33-73(34-36-74)27-9-25-61-57(79)59(81)67-65-44-13-15-45(16-14-44)69-89(85,86)53-20-12-42(2)56(43(53)3)64-55(78)40-76-31-23-48(24-32-76)72(6)7/h11-24,29-32,37-38H,9-10,25-28,33-36,39-40H2,1-8H3,(H8-2,61,62,63,64,65,66,67,68,69,70,77,78,79,80,81,82)/p+2. The van der Waals surface area contributed by atoms with Crippen molar-refractivity contribution >= 4 is 101 Å². The Balaban J connectivity index is 0.739. The van der Waals surface area contributed by atoms with Gasteiger partial charge in [-0.15, -0.1) is 0 Å². The molecular weight excluding hydrogens is 1180 g/mol. The molecule has 1 fully saturated rings. The lowest BCUT2D eigenvalue weighted by molar-refractivity contribution is -0.684. The third-order valence-electron chi connectivity index (χ3n) is 14.4. The summed E-state index contributed by atoms with van der Waals surface area (Å²) >= 11 is 0. The van der Waals surface area contributed by atoms with E-state index in [1.54, 1.807) is 66.8 Å². The molecule has 0 bridgehead atoms. The normalized spacial score (nSPS) is 12.6. The second-order valence-corrected chi connectivity index (χ2v) is 24.8. The lowest BCUT2D eigenvalue weighted by Gasteiger charge is -2.34. The number of pyridine rings is 2. The van der Waals surface area contributed by atoms with E-state index >= 15 is 0 Å². The molecule has 6 aromatic rings. The number of anilines is 8. The Morgan fingerprint density at radius 3 is 1.54 bits per heavy atom. The van der Waals surface area contributed by atoms with Crippen molar-refractivity contribution in [1.82, 2.24) is 31.3 Å². The number of hydrogen-bond donors (Lipinski definition) is 10. The highest BCUT2D eigenvalue weighted by Gasteiger charge is 2.24. The van der Waals surface area contributed by atoms with E-state index < -0.39 is 43.7 Å². The fraction of sp³-hybridized carbons (Fsp3) is 0.333. The smallest absolute Gasteiger partial charge is 0.327 e. The molecule has 1 saturated heterocycles. The fourth-order valence-electron chi connectivity index (χ4n) is 9.30. The molecule has 29 heteroatoms. The number of carbonyl (C=O) groups excluding carboxylic acids is 6. The predicted molar refractivity (Wildman–Crippen MR) is 339 cm³/mol. The zero-order chi connectivity index (χ0) is 64.4. The monoisotopic (exact) mass is 1260 g/mol. The van der Waals surface area contributed by atoms with E-state index in [1.165, 1.54) is 67.8 Å². The number of nitrogens with one attached hydrogen (secondary N) is 10. The van der Waals surface area contributed by atoms with Crippen molar-refractivity contribution in [3.63, 3.8) is 0 Å². The summed E-state index contributed by atoms with van der Waals surface area (Å²) in [5.74, 6) is -4.06. The number of sulfonamides is 2. The molecule has 2 aromatic heterocycles. The van der Waals surface area contributed by atoms with Crippen LogP contribution in [-0.2, 0) is 61.9 Å². The molecule has 1 aliphatic heterocycles. The molecule has 0 aliphatic carbocycles. The van der Waals surface area contributed by atoms with E-state index in [4.69, 9.17) is 4.74 Å². The van der Waals surface area contributed by atoms with Gasteiger partial charge in [0.15, 0.2) is 24.8 Å². The Morgan fingerprint density at radius 2 is 1.01 bits per heavy atom. The molecule has 1 aliphatic rings. The van der Waals surface area contributed by atoms with Gasteiger partial charge >= 0.3 is 23.6 Å². The second kappa shape index (κ2) is 30.9. The molecule has 0 saturated carbocycles. The Labute approximate surface area is 518 Å². The maximum atomic E-state index is 13.6. The minimum atomic E-state index is -4.14. The molecule has 474 valence electrons. The summed E-state index contributed by atoms with van der Waals surface area (Å²) in [6.07, 6.45) is 8.34. The molecule has 27 nitrogen and oxygen atoms in total. The van der Waals surface area contributed by atoms with Gasteiger partial charge in [-0.25, -0.2) is 16.8 Å². The van der Waals surface area contributed by atoms with Crippen molar-refractivity contribution in [3.8, 4) is 5.75 Å². The van der Waals surface area contributed by atoms with Crippen LogP contribution in [0.2, 0.25) is 0 Å². The van der Waals surface area contributed by atoms with E-state index in [2.05, 4.69) is 62.2 Å². The SMILES string of the molecule is COc1cc(NS(=O)(=O)c2ccc(C)c(NC(=O)C[n+]3ccc(N(C)C)cc3)c2)ccc1NNC(=O)C(=O)NCCCN1CCN(CCCNC(=O)C(=O)NNc2ccc(NS(=O)(=O)c3ccc(C)c(NC(=O)C[n+]4ccc(N(C)C)cc4)c3C)cc2)CC1. The number of piperazine rings is 1. The summed E-state index contributed by atoms with van der Waals surface area (Å²) in [6.45, 7) is 10.2. The molecule has 89 heavy (non-hydrogen) atoms. The van der Waals surface area contributed by atoms with Crippen LogP contribution in [0, 0.1) is 20.8 Å². The highest BCUT2D eigenvalue weighted by Crippen LogP contribution is 2.31. The van der Waals surface area contributed by atoms with Crippen LogP contribution in [0.3, 0.4) is 0 Å². The van der Waals surface area contributed by atoms with E-state index in [9.17, 15) is 45.6 Å². The zero-order valence-electron chi connectivity index (χ0n) is 51.0. The van der Waals surface area contributed by atoms with Crippen LogP contribution < -0.4 is 76.1 Å². The van der Waals surface area contributed by atoms with Crippen LogP contribution in [0.1, 0.15) is 29.5 Å². The third-order valence-corrected chi connectivity index (χ3v) is 17.3. The minimum absolute atomic E-state index is 0.0143. The average molecular weight is 1260 g/mol. The van der Waals surface area contributed by atoms with E-state index in [0.29, 0.717) is 59.7 Å². The highest BCUT2D eigenvalue weighted by molar-refractivity contribution is 7.93. The summed E-state index contributed by atoms with van der Waals surface area (Å²) in [6, 6.07) is 25.4. The first-order valence-electron chi connectivity index (χ1n) is 28.5. The molecule has 0 unspecified atom stereocenters. The Morgan fingerprint density at radius 1 is 0.528 bits per heavy atom. The van der Waals surface area contributed by atoms with Crippen molar-refractivity contribution in [3.05, 3.63) is 139 Å².